The van der Waals surface area contributed by atoms with Gasteiger partial charge in [0, 0.05) is 47.3 Å². The predicted octanol–water partition coefficient (Wildman–Crippen LogP) is 4.38. The van der Waals surface area contributed by atoms with E-state index in [1.165, 1.54) is 18.2 Å². The second-order valence-corrected chi connectivity index (χ2v) is 11.4. The van der Waals surface area contributed by atoms with Crippen molar-refractivity contribution < 1.29 is 32.9 Å². The summed E-state index contributed by atoms with van der Waals surface area (Å²) in [6.07, 6.45) is 1.79. The van der Waals surface area contributed by atoms with Gasteiger partial charge in [0.15, 0.2) is 11.8 Å². The zero-order valence-corrected chi connectivity index (χ0v) is 23.8. The van der Waals surface area contributed by atoms with Crippen molar-refractivity contribution in [2.45, 2.75) is 69.2 Å². The number of nitrogens with two attached hydrogens (primary N) is 1. The number of hydrogen-bond acceptors (Lipinski definition) is 6. The Kier molecular flexibility index (Phi) is 8.82. The smallest absolute Gasteiger partial charge is 0.249 e. The number of carbonyl (C=O) groups excluding carboxylic acids is 1. The number of benzene rings is 2. The van der Waals surface area contributed by atoms with E-state index < -0.39 is 29.6 Å². The van der Waals surface area contributed by atoms with Gasteiger partial charge in [-0.2, -0.15) is 0 Å². The third-order valence-electron chi connectivity index (χ3n) is 7.97. The van der Waals surface area contributed by atoms with Gasteiger partial charge in [-0.3, -0.25) is 4.79 Å². The Hall–Kier alpha value is -2.82. The molecule has 0 aromatic heterocycles. The van der Waals surface area contributed by atoms with Crippen molar-refractivity contribution in [1.29, 1.82) is 0 Å². The Morgan fingerprint density at radius 3 is 2.61 bits per heavy atom. The number of aliphatic hydroxyl groups is 1. The highest BCUT2D eigenvalue weighted by atomic mass is 35.5. The van der Waals surface area contributed by atoms with Crippen LogP contribution in [0.25, 0.3) is 5.57 Å². The van der Waals surface area contributed by atoms with Gasteiger partial charge in [0.2, 0.25) is 5.91 Å². The first-order valence-corrected chi connectivity index (χ1v) is 14.2. The average Bonchev–Trinajstić information content (AvgIpc) is 3.31. The average molecular weight is 589 g/mol. The van der Waals surface area contributed by atoms with Gasteiger partial charge >= 0.3 is 0 Å². The maximum atomic E-state index is 16.1. The first-order chi connectivity index (χ1) is 19.6. The van der Waals surface area contributed by atoms with Crippen LogP contribution in [0.2, 0.25) is 5.02 Å². The van der Waals surface area contributed by atoms with E-state index in [1.54, 1.807) is 0 Å². The zero-order valence-electron chi connectivity index (χ0n) is 23.0. The molecule has 1 saturated heterocycles. The van der Waals surface area contributed by atoms with E-state index in [0.717, 1.165) is 18.4 Å². The van der Waals surface area contributed by atoms with Gasteiger partial charge in [0.1, 0.15) is 17.7 Å². The highest BCUT2D eigenvalue weighted by molar-refractivity contribution is 6.33. The Morgan fingerprint density at radius 1 is 1.24 bits per heavy atom. The Labute approximate surface area is 243 Å². The minimum atomic E-state index is -1.90. The van der Waals surface area contributed by atoms with Gasteiger partial charge in [-0.15, -0.1) is 0 Å². The molecule has 0 bridgehead atoms. The summed E-state index contributed by atoms with van der Waals surface area (Å²) in [7, 11) is 0. The van der Waals surface area contributed by atoms with E-state index in [-0.39, 0.29) is 65.4 Å². The maximum absolute atomic E-state index is 16.1. The fourth-order valence-corrected chi connectivity index (χ4v) is 6.48. The maximum Gasteiger partial charge on any atom is 0.249 e. The van der Waals surface area contributed by atoms with Crippen LogP contribution in [-0.4, -0.2) is 61.3 Å². The highest BCUT2D eigenvalue weighted by Crippen LogP contribution is 2.49. The number of aliphatic hydroxyl groups excluding tert-OH is 1. The van der Waals surface area contributed by atoms with Crippen molar-refractivity contribution in [1.82, 2.24) is 5.32 Å². The lowest BCUT2D eigenvalue weighted by atomic mass is 9.82. The number of primary amides is 1. The van der Waals surface area contributed by atoms with Crippen LogP contribution in [0.3, 0.4) is 0 Å². The lowest BCUT2D eigenvalue weighted by Gasteiger charge is -2.36. The molecule has 5 rings (SSSR count). The molecule has 0 saturated carbocycles. The summed E-state index contributed by atoms with van der Waals surface area (Å²) >= 11 is 6.55. The summed E-state index contributed by atoms with van der Waals surface area (Å²) in [5, 5.41) is 12.5. The number of carbonyl (C=O) groups is 1. The summed E-state index contributed by atoms with van der Waals surface area (Å²) in [5.74, 6) is -1.48. The van der Waals surface area contributed by atoms with Crippen LogP contribution in [0.15, 0.2) is 54.1 Å². The second-order valence-electron chi connectivity index (χ2n) is 11.0. The number of halogens is 3. The largest absolute Gasteiger partial charge is 0.480 e. The number of amides is 1. The van der Waals surface area contributed by atoms with Crippen LogP contribution in [0.5, 0.6) is 5.75 Å². The minimum absolute atomic E-state index is 0.0380. The van der Waals surface area contributed by atoms with Gasteiger partial charge in [0.25, 0.3) is 0 Å². The number of hydrogen-bond donors (Lipinski definition) is 3. The van der Waals surface area contributed by atoms with Crippen molar-refractivity contribution in [2.24, 2.45) is 5.73 Å². The number of fused-ring (bicyclic) bond motifs is 1. The molecule has 2 heterocycles. The fourth-order valence-electron chi connectivity index (χ4n) is 6.21. The van der Waals surface area contributed by atoms with Gasteiger partial charge in [-0.25, -0.2) is 8.78 Å². The molecule has 2 aromatic carbocycles. The highest BCUT2D eigenvalue weighted by Gasteiger charge is 2.46. The van der Waals surface area contributed by atoms with Gasteiger partial charge in [-0.05, 0) is 32.3 Å². The van der Waals surface area contributed by atoms with Gasteiger partial charge in [-0.1, -0.05) is 54.1 Å². The molecule has 1 amide bonds. The van der Waals surface area contributed by atoms with E-state index in [2.05, 4.69) is 5.32 Å². The Morgan fingerprint density at radius 2 is 1.95 bits per heavy atom. The SMILES string of the molecule is C[C@@H]1CC(NC[C@@]2(c3ccccc3)Cc3c(cc(F)c(Cl)c3C3=C(C(N)=O)C=CC(OCCO)C3F)O2)C[C@H](C)O1. The molecule has 1 fully saturated rings. The van der Waals surface area contributed by atoms with Crippen molar-refractivity contribution in [2.75, 3.05) is 19.8 Å². The molecular formula is C31H35ClF2N2O5. The number of rotatable bonds is 9. The number of alkyl halides is 1. The number of ether oxygens (including phenoxy) is 3. The molecule has 0 spiro atoms. The predicted molar refractivity (Wildman–Crippen MR) is 152 cm³/mol. The van der Waals surface area contributed by atoms with E-state index in [9.17, 15) is 9.90 Å². The topological polar surface area (TPSA) is 103 Å². The van der Waals surface area contributed by atoms with Crippen LogP contribution in [0, 0.1) is 5.82 Å². The van der Waals surface area contributed by atoms with Gasteiger partial charge in [0.05, 0.1) is 30.4 Å². The monoisotopic (exact) mass is 588 g/mol. The summed E-state index contributed by atoms with van der Waals surface area (Å²) in [4.78, 5) is 12.5. The van der Waals surface area contributed by atoms with Crippen LogP contribution in [0.1, 0.15) is 43.4 Å². The molecule has 2 aromatic rings. The quantitative estimate of drug-likeness (QED) is 0.402. The third-order valence-corrected chi connectivity index (χ3v) is 8.34. The molecule has 2 aliphatic heterocycles. The molecular weight excluding hydrogens is 554 g/mol. The lowest BCUT2D eigenvalue weighted by molar-refractivity contribution is -0.114. The summed E-state index contributed by atoms with van der Waals surface area (Å²) in [6, 6.07) is 11.0. The van der Waals surface area contributed by atoms with Crippen LogP contribution < -0.4 is 15.8 Å². The molecule has 10 heteroatoms. The van der Waals surface area contributed by atoms with Gasteiger partial charge < -0.3 is 30.4 Å². The Balaban J connectivity index is 1.58. The van der Waals surface area contributed by atoms with E-state index in [0.29, 0.717) is 12.1 Å². The normalized spacial score (nSPS) is 29.4. The van der Waals surface area contributed by atoms with Crippen molar-refractivity contribution in [3.05, 3.63) is 81.7 Å². The molecule has 3 unspecified atom stereocenters. The number of nitrogens with one attached hydrogen (secondary N) is 1. The zero-order chi connectivity index (χ0) is 29.3. The van der Waals surface area contributed by atoms with E-state index in [1.807, 2.05) is 44.2 Å². The summed E-state index contributed by atoms with van der Waals surface area (Å²) in [6.45, 7) is 4.03. The van der Waals surface area contributed by atoms with Crippen LogP contribution >= 0.6 is 11.6 Å². The first kappa shape index (κ1) is 29.7. The molecule has 4 N–H and O–H groups in total. The first-order valence-electron chi connectivity index (χ1n) is 13.9. The Bertz CT molecular complexity index is 1340. The van der Waals surface area contributed by atoms with Crippen LogP contribution in [0.4, 0.5) is 8.78 Å². The van der Waals surface area contributed by atoms with Crippen molar-refractivity contribution in [3.63, 3.8) is 0 Å². The summed E-state index contributed by atoms with van der Waals surface area (Å²) < 4.78 is 49.4. The van der Waals surface area contributed by atoms with E-state index >= 15 is 8.78 Å². The summed E-state index contributed by atoms with van der Waals surface area (Å²) in [5.41, 5.74) is 5.77. The second kappa shape index (κ2) is 12.2. The fraction of sp³-hybridized carbons (Fsp3) is 0.452. The molecule has 1 aliphatic carbocycles. The lowest BCUT2D eigenvalue weighted by Crippen LogP contribution is -2.49. The van der Waals surface area contributed by atoms with Crippen LogP contribution in [-0.2, 0) is 26.3 Å². The third kappa shape index (κ3) is 5.92. The van der Waals surface area contributed by atoms with Crippen molar-refractivity contribution >= 4 is 23.1 Å². The molecule has 7 nitrogen and oxygen atoms in total. The minimum Gasteiger partial charge on any atom is -0.480 e. The molecule has 41 heavy (non-hydrogen) atoms. The molecule has 6 atom stereocenters. The standard InChI is InChI=1S/C31H35ClF2N2O5/c1-17-12-20(13-18(2)40-17)36-16-31(19-6-4-3-5-7-19)15-22-25(41-31)14-23(33)28(32)26(22)27-21(30(35)38)8-9-24(29(27)34)39-11-10-37/h3-9,14,17-18,20,24,29,36-37H,10-13,15-16H2,1-2H3,(H2,35,38)/t17-,18+,20?,24?,29?,31-/m1/s1. The van der Waals surface area contributed by atoms with E-state index in [4.69, 9.17) is 31.5 Å². The molecule has 3 aliphatic rings. The molecule has 0 radical (unpaired) electrons. The van der Waals surface area contributed by atoms with Crippen molar-refractivity contribution in [3.8, 4) is 5.75 Å². The molecule has 220 valence electrons.